The van der Waals surface area contributed by atoms with Crippen molar-refractivity contribution in [2.75, 3.05) is 32.1 Å². The third-order valence-corrected chi connectivity index (χ3v) is 2.58. The molecule has 1 rings (SSSR count). The number of amides is 1. The number of likely N-dealkylation sites (N-methyl/N-ethyl adjacent to an activating group) is 2. The van der Waals surface area contributed by atoms with Gasteiger partial charge in [0, 0.05) is 26.5 Å². The van der Waals surface area contributed by atoms with E-state index in [0.717, 1.165) is 0 Å². The molecule has 0 aliphatic carbocycles. The van der Waals surface area contributed by atoms with E-state index in [1.165, 1.54) is 4.90 Å². The minimum absolute atomic E-state index is 0.0478. The molecule has 0 aliphatic rings. The van der Waals surface area contributed by atoms with E-state index in [1.54, 1.807) is 44.4 Å². The third-order valence-electron chi connectivity index (χ3n) is 2.58. The second kappa shape index (κ2) is 6.15. The fourth-order valence-electron chi connectivity index (χ4n) is 1.24. The summed E-state index contributed by atoms with van der Waals surface area (Å²) in [4.78, 5) is 23.1. The number of aliphatic hydroxyl groups excluding tert-OH is 1. The highest BCUT2D eigenvalue weighted by molar-refractivity contribution is 5.80. The van der Waals surface area contributed by atoms with Gasteiger partial charge in [-0.2, -0.15) is 0 Å². The van der Waals surface area contributed by atoms with Crippen molar-refractivity contribution in [3.63, 3.8) is 0 Å². The Kier molecular flexibility index (Phi) is 4.84. The zero-order valence-electron chi connectivity index (χ0n) is 10.4. The molecule has 94 valence electrons. The summed E-state index contributed by atoms with van der Waals surface area (Å²) in [6.45, 7) is 1.93. The molecule has 1 atom stereocenters. The molecule has 1 aromatic heterocycles. The lowest BCUT2D eigenvalue weighted by Gasteiger charge is -2.25. The standard InChI is InChI=1S/C11H18N4O2/c1-9(8-16)15(3)10(17)7-14(2)11-12-5-4-6-13-11/h4-6,9,16H,7-8H2,1-3H3. The average molecular weight is 238 g/mol. The number of hydrogen-bond acceptors (Lipinski definition) is 5. The molecule has 0 fully saturated rings. The van der Waals surface area contributed by atoms with Crippen LogP contribution < -0.4 is 4.90 Å². The van der Waals surface area contributed by atoms with Crippen LogP contribution in [0, 0.1) is 0 Å². The number of hydrogen-bond donors (Lipinski definition) is 1. The Morgan fingerprint density at radius 1 is 1.41 bits per heavy atom. The maximum absolute atomic E-state index is 11.8. The molecule has 17 heavy (non-hydrogen) atoms. The lowest BCUT2D eigenvalue weighted by Crippen LogP contribution is -2.43. The van der Waals surface area contributed by atoms with Gasteiger partial charge >= 0.3 is 0 Å². The third kappa shape index (κ3) is 3.67. The molecule has 0 aromatic carbocycles. The molecule has 0 radical (unpaired) electrons. The van der Waals surface area contributed by atoms with Gasteiger partial charge in [-0.3, -0.25) is 4.79 Å². The number of aromatic nitrogens is 2. The van der Waals surface area contributed by atoms with Gasteiger partial charge in [0.15, 0.2) is 0 Å². The highest BCUT2D eigenvalue weighted by atomic mass is 16.3. The molecule has 1 aromatic rings. The quantitative estimate of drug-likeness (QED) is 0.766. The van der Waals surface area contributed by atoms with Crippen LogP contribution in [0.3, 0.4) is 0 Å². The van der Waals surface area contributed by atoms with Gasteiger partial charge in [-0.25, -0.2) is 9.97 Å². The van der Waals surface area contributed by atoms with Crippen LogP contribution in [0.2, 0.25) is 0 Å². The number of nitrogens with zero attached hydrogens (tertiary/aromatic N) is 4. The van der Waals surface area contributed by atoms with Crippen LogP contribution in [0.25, 0.3) is 0 Å². The Morgan fingerprint density at radius 3 is 2.53 bits per heavy atom. The summed E-state index contributed by atoms with van der Waals surface area (Å²) in [6.07, 6.45) is 3.26. The topological polar surface area (TPSA) is 69.6 Å². The van der Waals surface area contributed by atoms with E-state index < -0.39 is 0 Å². The van der Waals surface area contributed by atoms with Gasteiger partial charge in [0.1, 0.15) is 0 Å². The Bertz CT molecular complexity index is 358. The molecular weight excluding hydrogens is 220 g/mol. The second-order valence-electron chi connectivity index (χ2n) is 3.94. The van der Waals surface area contributed by atoms with Crippen LogP contribution in [0.5, 0.6) is 0 Å². The zero-order chi connectivity index (χ0) is 12.8. The fraction of sp³-hybridized carbons (Fsp3) is 0.545. The number of carbonyl (C=O) groups excluding carboxylic acids is 1. The molecule has 1 heterocycles. The number of carbonyl (C=O) groups is 1. The van der Waals surface area contributed by atoms with Crippen molar-refractivity contribution in [1.29, 1.82) is 0 Å². The Labute approximate surface area is 101 Å². The van der Waals surface area contributed by atoms with E-state index in [2.05, 4.69) is 9.97 Å². The summed E-state index contributed by atoms with van der Waals surface area (Å²) in [5.74, 6) is 0.424. The SMILES string of the molecule is CC(CO)N(C)C(=O)CN(C)c1ncccn1. The largest absolute Gasteiger partial charge is 0.394 e. The molecule has 0 spiro atoms. The maximum Gasteiger partial charge on any atom is 0.242 e. The molecule has 0 bridgehead atoms. The van der Waals surface area contributed by atoms with Crippen molar-refractivity contribution >= 4 is 11.9 Å². The van der Waals surface area contributed by atoms with Crippen molar-refractivity contribution < 1.29 is 9.90 Å². The summed E-state index contributed by atoms with van der Waals surface area (Å²) in [6, 6.07) is 1.53. The predicted octanol–water partition coefficient (Wildman–Crippen LogP) is -0.248. The highest BCUT2D eigenvalue weighted by Crippen LogP contribution is 2.03. The first-order chi connectivity index (χ1) is 8.06. The van der Waals surface area contributed by atoms with Crippen LogP contribution in [0.1, 0.15) is 6.92 Å². The van der Waals surface area contributed by atoms with E-state index in [1.807, 2.05) is 0 Å². The Hall–Kier alpha value is -1.69. The van der Waals surface area contributed by atoms with Crippen molar-refractivity contribution in [3.05, 3.63) is 18.5 Å². The molecule has 6 nitrogen and oxygen atoms in total. The number of aliphatic hydroxyl groups is 1. The fourth-order valence-corrected chi connectivity index (χ4v) is 1.24. The van der Waals surface area contributed by atoms with E-state index in [9.17, 15) is 4.79 Å². The summed E-state index contributed by atoms with van der Waals surface area (Å²) in [5, 5.41) is 8.97. The monoisotopic (exact) mass is 238 g/mol. The molecule has 1 amide bonds. The second-order valence-corrected chi connectivity index (χ2v) is 3.94. The van der Waals surface area contributed by atoms with Gasteiger partial charge < -0.3 is 14.9 Å². The van der Waals surface area contributed by atoms with E-state index in [-0.39, 0.29) is 25.1 Å². The van der Waals surface area contributed by atoms with E-state index in [0.29, 0.717) is 5.95 Å². The van der Waals surface area contributed by atoms with Gasteiger partial charge in [0.05, 0.1) is 19.2 Å². The number of anilines is 1. The first kappa shape index (κ1) is 13.4. The molecule has 0 aliphatic heterocycles. The molecule has 1 N–H and O–H groups in total. The molecule has 0 saturated heterocycles. The van der Waals surface area contributed by atoms with Gasteiger partial charge in [-0.05, 0) is 13.0 Å². The lowest BCUT2D eigenvalue weighted by atomic mass is 10.3. The summed E-state index contributed by atoms with van der Waals surface area (Å²) in [5.41, 5.74) is 0. The van der Waals surface area contributed by atoms with Crippen LogP contribution in [0.15, 0.2) is 18.5 Å². The Balaban J connectivity index is 2.57. The van der Waals surface area contributed by atoms with Gasteiger partial charge in [-0.15, -0.1) is 0 Å². The van der Waals surface area contributed by atoms with Crippen molar-refractivity contribution in [2.45, 2.75) is 13.0 Å². The average Bonchev–Trinajstić information content (AvgIpc) is 2.37. The van der Waals surface area contributed by atoms with E-state index in [4.69, 9.17) is 5.11 Å². The van der Waals surface area contributed by atoms with Crippen LogP contribution >= 0.6 is 0 Å². The molecular formula is C11H18N4O2. The highest BCUT2D eigenvalue weighted by Gasteiger charge is 2.17. The summed E-state index contributed by atoms with van der Waals surface area (Å²) >= 11 is 0. The molecule has 6 heteroatoms. The van der Waals surface area contributed by atoms with Gasteiger partial charge in [0.2, 0.25) is 11.9 Å². The van der Waals surface area contributed by atoms with Crippen molar-refractivity contribution in [2.24, 2.45) is 0 Å². The first-order valence-corrected chi connectivity index (χ1v) is 5.41. The van der Waals surface area contributed by atoms with Crippen LogP contribution in [0.4, 0.5) is 5.95 Å². The minimum Gasteiger partial charge on any atom is -0.394 e. The smallest absolute Gasteiger partial charge is 0.242 e. The minimum atomic E-state index is -0.187. The maximum atomic E-state index is 11.8. The van der Waals surface area contributed by atoms with Gasteiger partial charge in [0.25, 0.3) is 0 Å². The summed E-state index contributed by atoms with van der Waals surface area (Å²) < 4.78 is 0. The van der Waals surface area contributed by atoms with Gasteiger partial charge in [-0.1, -0.05) is 0 Å². The first-order valence-electron chi connectivity index (χ1n) is 5.41. The lowest BCUT2D eigenvalue weighted by molar-refractivity contribution is -0.130. The van der Waals surface area contributed by atoms with E-state index >= 15 is 0 Å². The van der Waals surface area contributed by atoms with Crippen molar-refractivity contribution in [1.82, 2.24) is 14.9 Å². The molecule has 0 saturated carbocycles. The Morgan fingerprint density at radius 2 is 2.00 bits per heavy atom. The van der Waals surface area contributed by atoms with Crippen LogP contribution in [-0.2, 0) is 4.79 Å². The normalized spacial score (nSPS) is 12.0. The molecule has 1 unspecified atom stereocenters. The van der Waals surface area contributed by atoms with Crippen LogP contribution in [-0.4, -0.2) is 59.2 Å². The van der Waals surface area contributed by atoms with Crippen molar-refractivity contribution in [3.8, 4) is 0 Å². The zero-order valence-corrected chi connectivity index (χ0v) is 10.4. The predicted molar refractivity (Wildman–Crippen MR) is 64.6 cm³/mol. The number of rotatable bonds is 5. The summed E-state index contributed by atoms with van der Waals surface area (Å²) in [7, 11) is 3.42.